The summed E-state index contributed by atoms with van der Waals surface area (Å²) in [7, 11) is 2.13. The quantitative estimate of drug-likeness (QED) is 0.791. The molecule has 0 atom stereocenters. The first-order chi connectivity index (χ1) is 14.5. The number of likely N-dealkylation sites (tertiary alicyclic amines) is 1. The van der Waals surface area contributed by atoms with Gasteiger partial charge >= 0.3 is 0 Å². The van der Waals surface area contributed by atoms with E-state index in [9.17, 15) is 9.59 Å². The monoisotopic (exact) mass is 427 g/mol. The Morgan fingerprint density at radius 1 is 1.13 bits per heavy atom. The Morgan fingerprint density at radius 3 is 2.57 bits per heavy atom. The van der Waals surface area contributed by atoms with Gasteiger partial charge in [0.05, 0.1) is 11.8 Å². The van der Waals surface area contributed by atoms with Crippen molar-refractivity contribution in [2.24, 2.45) is 11.7 Å². The largest absolute Gasteiger partial charge is 0.369 e. The molecule has 7 nitrogen and oxygen atoms in total. The highest BCUT2D eigenvalue weighted by Gasteiger charge is 2.32. The van der Waals surface area contributed by atoms with Crippen molar-refractivity contribution in [3.8, 4) is 0 Å². The van der Waals surface area contributed by atoms with Crippen LogP contribution in [0.2, 0.25) is 0 Å². The minimum atomic E-state index is -0.259. The molecule has 2 amide bonds. The highest BCUT2D eigenvalue weighted by Crippen LogP contribution is 2.41. The van der Waals surface area contributed by atoms with Crippen molar-refractivity contribution in [3.05, 3.63) is 16.3 Å². The zero-order chi connectivity index (χ0) is 20.8. The zero-order valence-corrected chi connectivity index (χ0v) is 18.3. The summed E-state index contributed by atoms with van der Waals surface area (Å²) in [6, 6.07) is 0.554. The number of piperidine rings is 1. The van der Waals surface area contributed by atoms with Gasteiger partial charge in [-0.25, -0.2) is 9.97 Å². The Morgan fingerprint density at radius 2 is 1.87 bits per heavy atom. The minimum absolute atomic E-state index is 0.0404. The van der Waals surface area contributed by atoms with Crippen molar-refractivity contribution in [2.75, 3.05) is 25.0 Å². The number of nitrogens with two attached hydrogens (primary N) is 1. The third kappa shape index (κ3) is 3.66. The van der Waals surface area contributed by atoms with Gasteiger partial charge in [-0.1, -0.05) is 0 Å². The fraction of sp³-hybridized carbons (Fsp3) is 0.636. The van der Waals surface area contributed by atoms with Gasteiger partial charge in [0.25, 0.3) is 0 Å². The number of hydrogen-bond acceptors (Lipinski definition) is 6. The molecule has 0 aromatic carbocycles. The van der Waals surface area contributed by atoms with E-state index in [2.05, 4.69) is 11.9 Å². The van der Waals surface area contributed by atoms with Crippen LogP contribution in [0.1, 0.15) is 54.8 Å². The Kier molecular flexibility index (Phi) is 5.13. The number of carbonyl (C=O) groups excluding carboxylic acids is 2. The van der Waals surface area contributed by atoms with Crippen LogP contribution < -0.4 is 10.6 Å². The van der Waals surface area contributed by atoms with Crippen LogP contribution in [0.25, 0.3) is 10.2 Å². The normalized spacial score (nSPS) is 19.7. The highest BCUT2D eigenvalue weighted by atomic mass is 32.1. The van der Waals surface area contributed by atoms with E-state index in [1.54, 1.807) is 11.3 Å². The molecule has 1 aliphatic heterocycles. The van der Waals surface area contributed by atoms with Gasteiger partial charge in [0, 0.05) is 37.0 Å². The number of carbonyl (C=O) groups is 2. The van der Waals surface area contributed by atoms with Crippen LogP contribution in [0.3, 0.4) is 0 Å². The van der Waals surface area contributed by atoms with Crippen LogP contribution in [-0.2, 0) is 28.9 Å². The number of anilines is 1. The van der Waals surface area contributed by atoms with Crippen molar-refractivity contribution < 1.29 is 9.59 Å². The first-order valence-corrected chi connectivity index (χ1v) is 11.9. The SMILES string of the molecule is CN(c1nc(CC(=O)N2CCC(C(N)=O)CC2)nc2sc3c(c12)CCCC3)C1CC1. The maximum absolute atomic E-state index is 12.9. The van der Waals surface area contributed by atoms with Crippen LogP contribution in [0.5, 0.6) is 0 Å². The minimum Gasteiger partial charge on any atom is -0.369 e. The second kappa shape index (κ2) is 7.80. The van der Waals surface area contributed by atoms with Gasteiger partial charge in [-0.3, -0.25) is 9.59 Å². The van der Waals surface area contributed by atoms with Crippen LogP contribution in [0, 0.1) is 5.92 Å². The lowest BCUT2D eigenvalue weighted by Crippen LogP contribution is -2.42. The number of aryl methyl sites for hydroxylation is 2. The van der Waals surface area contributed by atoms with Gasteiger partial charge in [-0.15, -0.1) is 11.3 Å². The summed E-state index contributed by atoms with van der Waals surface area (Å²) in [5.41, 5.74) is 6.86. The average molecular weight is 428 g/mol. The van der Waals surface area contributed by atoms with E-state index in [1.165, 1.54) is 41.5 Å². The third-order valence-corrected chi connectivity index (χ3v) is 8.02. The van der Waals surface area contributed by atoms with E-state index in [-0.39, 0.29) is 24.2 Å². The molecule has 0 unspecified atom stereocenters. The molecule has 0 radical (unpaired) electrons. The van der Waals surface area contributed by atoms with E-state index in [0.29, 0.717) is 37.8 Å². The van der Waals surface area contributed by atoms with Gasteiger partial charge in [0.2, 0.25) is 11.8 Å². The molecule has 0 spiro atoms. The number of aromatic nitrogens is 2. The van der Waals surface area contributed by atoms with Crippen LogP contribution in [0.4, 0.5) is 5.82 Å². The van der Waals surface area contributed by atoms with Crippen molar-refractivity contribution >= 4 is 39.2 Å². The second-order valence-electron chi connectivity index (χ2n) is 8.93. The van der Waals surface area contributed by atoms with Crippen LogP contribution in [-0.4, -0.2) is 52.9 Å². The van der Waals surface area contributed by atoms with Gasteiger partial charge in [-0.2, -0.15) is 0 Å². The van der Waals surface area contributed by atoms with E-state index >= 15 is 0 Å². The molecule has 2 aromatic rings. The summed E-state index contributed by atoms with van der Waals surface area (Å²) in [4.78, 5) is 40.7. The number of amides is 2. The number of hydrogen-bond donors (Lipinski definition) is 1. The predicted octanol–water partition coefficient (Wildman–Crippen LogP) is 2.44. The molecule has 2 aromatic heterocycles. The smallest absolute Gasteiger partial charge is 0.230 e. The lowest BCUT2D eigenvalue weighted by Gasteiger charge is -2.30. The molecular formula is C22H29N5O2S. The maximum Gasteiger partial charge on any atom is 0.230 e. The molecule has 2 fully saturated rings. The van der Waals surface area contributed by atoms with Gasteiger partial charge in [0.1, 0.15) is 16.5 Å². The van der Waals surface area contributed by atoms with Gasteiger partial charge in [0.15, 0.2) is 0 Å². The second-order valence-corrected chi connectivity index (χ2v) is 10.0. The fourth-order valence-electron chi connectivity index (χ4n) is 4.81. The first-order valence-electron chi connectivity index (χ1n) is 11.1. The summed E-state index contributed by atoms with van der Waals surface area (Å²) in [5, 5.41) is 1.22. The van der Waals surface area contributed by atoms with E-state index in [1.807, 2.05) is 4.90 Å². The van der Waals surface area contributed by atoms with Crippen molar-refractivity contribution in [3.63, 3.8) is 0 Å². The molecule has 2 N–H and O–H groups in total. The fourth-order valence-corrected chi connectivity index (χ4v) is 6.09. The van der Waals surface area contributed by atoms with Crippen molar-refractivity contribution in [1.82, 2.24) is 14.9 Å². The van der Waals surface area contributed by atoms with Crippen LogP contribution >= 0.6 is 11.3 Å². The topological polar surface area (TPSA) is 92.4 Å². The number of rotatable bonds is 5. The van der Waals surface area contributed by atoms with Crippen LogP contribution in [0.15, 0.2) is 0 Å². The number of thiophene rings is 1. The summed E-state index contributed by atoms with van der Waals surface area (Å²) in [6.07, 6.45) is 8.63. The number of fused-ring (bicyclic) bond motifs is 3. The Hall–Kier alpha value is -2.22. The summed E-state index contributed by atoms with van der Waals surface area (Å²) in [5.74, 6) is 1.30. The summed E-state index contributed by atoms with van der Waals surface area (Å²) < 4.78 is 0. The predicted molar refractivity (Wildman–Crippen MR) is 118 cm³/mol. The van der Waals surface area contributed by atoms with Gasteiger partial charge < -0.3 is 15.5 Å². The molecule has 3 aliphatic rings. The van der Waals surface area contributed by atoms with Crippen molar-refractivity contribution in [2.45, 2.75) is 63.8 Å². The first kappa shape index (κ1) is 19.7. The van der Waals surface area contributed by atoms with E-state index < -0.39 is 0 Å². The summed E-state index contributed by atoms with van der Waals surface area (Å²) >= 11 is 1.79. The molecule has 3 heterocycles. The molecule has 30 heavy (non-hydrogen) atoms. The average Bonchev–Trinajstić information content (AvgIpc) is 3.53. The highest BCUT2D eigenvalue weighted by molar-refractivity contribution is 7.19. The van der Waals surface area contributed by atoms with Crippen molar-refractivity contribution in [1.29, 1.82) is 0 Å². The molecule has 1 saturated heterocycles. The van der Waals surface area contributed by atoms with E-state index in [0.717, 1.165) is 23.5 Å². The van der Waals surface area contributed by atoms with E-state index in [4.69, 9.17) is 15.7 Å². The Labute approximate surface area is 180 Å². The number of primary amides is 1. The number of nitrogens with zero attached hydrogens (tertiary/aromatic N) is 4. The Bertz CT molecular complexity index is 991. The molecule has 1 saturated carbocycles. The van der Waals surface area contributed by atoms with Gasteiger partial charge in [-0.05, 0) is 56.9 Å². The molecular weight excluding hydrogens is 398 g/mol. The Balaban J connectivity index is 1.42. The standard InChI is InChI=1S/C22H29N5O2S/c1-26(14-6-7-14)21-19-15-4-2-3-5-16(15)30-22(19)25-17(24-21)12-18(28)27-10-8-13(9-11-27)20(23)29/h13-14H,2-12H2,1H3,(H2,23,29). The molecule has 2 aliphatic carbocycles. The molecule has 160 valence electrons. The third-order valence-electron chi connectivity index (χ3n) is 6.83. The lowest BCUT2D eigenvalue weighted by molar-refractivity contribution is -0.134. The maximum atomic E-state index is 12.9. The summed E-state index contributed by atoms with van der Waals surface area (Å²) in [6.45, 7) is 1.16. The zero-order valence-electron chi connectivity index (χ0n) is 17.5. The molecule has 0 bridgehead atoms. The molecule has 8 heteroatoms. The lowest BCUT2D eigenvalue weighted by atomic mass is 9.96. The molecule has 5 rings (SSSR count).